The normalized spacial score (nSPS) is 10.9. The number of carbonyl (C=O) groups is 1. The predicted molar refractivity (Wildman–Crippen MR) is 61.6 cm³/mol. The Balaban J connectivity index is 2.42. The molecule has 2 rings (SSSR count). The highest BCUT2D eigenvalue weighted by Gasteiger charge is 2.06. The van der Waals surface area contributed by atoms with Crippen molar-refractivity contribution in [3.8, 4) is 0 Å². The minimum Gasteiger partial charge on any atom is -0.359 e. The van der Waals surface area contributed by atoms with E-state index in [1.165, 1.54) is 11.3 Å². The van der Waals surface area contributed by atoms with Crippen LogP contribution in [0.3, 0.4) is 0 Å². The Morgan fingerprint density at radius 2 is 2.20 bits per heavy atom. The first-order valence-corrected chi connectivity index (χ1v) is 5.50. The van der Waals surface area contributed by atoms with Gasteiger partial charge in [0.25, 0.3) is 0 Å². The first kappa shape index (κ1) is 10.0. The Labute approximate surface area is 91.4 Å². The van der Waals surface area contributed by atoms with Gasteiger partial charge in [-0.3, -0.25) is 4.79 Å². The molecule has 0 bridgehead atoms. The number of rotatable bonds is 3. The van der Waals surface area contributed by atoms with Crippen molar-refractivity contribution >= 4 is 33.1 Å². The van der Waals surface area contributed by atoms with E-state index in [1.807, 2.05) is 6.07 Å². The van der Waals surface area contributed by atoms with Gasteiger partial charge in [0.1, 0.15) is 16.0 Å². The summed E-state index contributed by atoms with van der Waals surface area (Å²) in [5, 5.41) is 4.05. The molecular formula is C10H11N3OS. The van der Waals surface area contributed by atoms with Crippen LogP contribution in [0.25, 0.3) is 10.3 Å². The quantitative estimate of drug-likeness (QED) is 0.808. The number of hydrogen-bond donors (Lipinski definition) is 1. The summed E-state index contributed by atoms with van der Waals surface area (Å²) in [6, 6.07) is 3.83. The second-order valence-electron chi connectivity index (χ2n) is 3.50. The summed E-state index contributed by atoms with van der Waals surface area (Å²) in [6.07, 6.45) is 0.745. The summed E-state index contributed by atoms with van der Waals surface area (Å²) >= 11 is 1.46. The average Bonchev–Trinajstić information content (AvgIpc) is 2.57. The van der Waals surface area contributed by atoms with E-state index >= 15 is 0 Å². The van der Waals surface area contributed by atoms with Crippen LogP contribution < -0.4 is 5.32 Å². The van der Waals surface area contributed by atoms with Gasteiger partial charge in [0.2, 0.25) is 0 Å². The average molecular weight is 221 g/mol. The van der Waals surface area contributed by atoms with Crippen LogP contribution in [0, 0.1) is 0 Å². The first-order valence-electron chi connectivity index (χ1n) is 4.68. The molecule has 0 radical (unpaired) electrons. The number of anilines is 1. The highest BCUT2D eigenvalue weighted by atomic mass is 32.1. The number of nitrogens with zero attached hydrogens (tertiary/aromatic N) is 2. The Bertz CT molecular complexity index is 492. The molecule has 0 fully saturated rings. The third-order valence-corrected chi connectivity index (χ3v) is 2.71. The van der Waals surface area contributed by atoms with Crippen molar-refractivity contribution in [2.75, 3.05) is 5.32 Å². The standard InChI is InChI=1S/C10H11N3OS/c1-6(2)11-10-13-8-4-3-7(5-14)12-9(8)15-10/h3-6H,1-2H3,(H,11,13). The van der Waals surface area contributed by atoms with Gasteiger partial charge in [-0.15, -0.1) is 0 Å². The van der Waals surface area contributed by atoms with Gasteiger partial charge in [0, 0.05) is 6.04 Å². The van der Waals surface area contributed by atoms with Crippen molar-refractivity contribution in [3.05, 3.63) is 17.8 Å². The van der Waals surface area contributed by atoms with E-state index in [0.717, 1.165) is 21.8 Å². The molecule has 0 amide bonds. The van der Waals surface area contributed by atoms with Crippen LogP contribution in [-0.2, 0) is 0 Å². The van der Waals surface area contributed by atoms with Crippen molar-refractivity contribution in [2.24, 2.45) is 0 Å². The lowest BCUT2D eigenvalue weighted by atomic mass is 10.4. The highest BCUT2D eigenvalue weighted by Crippen LogP contribution is 2.24. The van der Waals surface area contributed by atoms with Crippen molar-refractivity contribution < 1.29 is 4.79 Å². The predicted octanol–water partition coefficient (Wildman–Crippen LogP) is 2.32. The SMILES string of the molecule is CC(C)Nc1nc2ccc(C=O)nc2s1. The second kappa shape index (κ2) is 3.94. The molecule has 0 saturated carbocycles. The van der Waals surface area contributed by atoms with E-state index in [1.54, 1.807) is 6.07 Å². The van der Waals surface area contributed by atoms with E-state index in [-0.39, 0.29) is 0 Å². The minimum absolute atomic E-state index is 0.344. The molecule has 5 heteroatoms. The number of aromatic nitrogens is 2. The van der Waals surface area contributed by atoms with Crippen molar-refractivity contribution in [2.45, 2.75) is 19.9 Å². The first-order chi connectivity index (χ1) is 7.19. The van der Waals surface area contributed by atoms with Crippen LogP contribution in [0.1, 0.15) is 24.3 Å². The van der Waals surface area contributed by atoms with Crippen LogP contribution >= 0.6 is 11.3 Å². The molecule has 2 aromatic rings. The third kappa shape index (κ3) is 2.12. The molecule has 0 unspecified atom stereocenters. The number of aldehydes is 1. The largest absolute Gasteiger partial charge is 0.359 e. The fourth-order valence-corrected chi connectivity index (χ4v) is 2.20. The van der Waals surface area contributed by atoms with Gasteiger partial charge in [0.05, 0.1) is 0 Å². The van der Waals surface area contributed by atoms with Gasteiger partial charge < -0.3 is 5.32 Å². The van der Waals surface area contributed by atoms with E-state index in [0.29, 0.717) is 11.7 Å². The number of fused-ring (bicyclic) bond motifs is 1. The Kier molecular flexibility index (Phi) is 2.64. The molecule has 0 saturated heterocycles. The Morgan fingerprint density at radius 3 is 2.87 bits per heavy atom. The van der Waals surface area contributed by atoms with Crippen LogP contribution in [0.15, 0.2) is 12.1 Å². The molecular weight excluding hydrogens is 210 g/mol. The molecule has 4 nitrogen and oxygen atoms in total. The molecule has 0 spiro atoms. The smallest absolute Gasteiger partial charge is 0.185 e. The molecule has 15 heavy (non-hydrogen) atoms. The maximum absolute atomic E-state index is 10.5. The fraction of sp³-hybridized carbons (Fsp3) is 0.300. The lowest BCUT2D eigenvalue weighted by Crippen LogP contribution is -2.08. The summed E-state index contributed by atoms with van der Waals surface area (Å²) in [4.78, 5) is 19.9. The van der Waals surface area contributed by atoms with E-state index in [4.69, 9.17) is 0 Å². The molecule has 78 valence electrons. The van der Waals surface area contributed by atoms with Crippen LogP contribution in [0.4, 0.5) is 5.13 Å². The van der Waals surface area contributed by atoms with Gasteiger partial charge >= 0.3 is 0 Å². The van der Waals surface area contributed by atoms with Crippen LogP contribution in [0.2, 0.25) is 0 Å². The Hall–Kier alpha value is -1.49. The maximum atomic E-state index is 10.5. The van der Waals surface area contributed by atoms with Gasteiger partial charge in [-0.05, 0) is 26.0 Å². The molecule has 2 aromatic heterocycles. The third-order valence-electron chi connectivity index (χ3n) is 1.81. The van der Waals surface area contributed by atoms with Crippen molar-refractivity contribution in [1.29, 1.82) is 0 Å². The molecule has 1 N–H and O–H groups in total. The van der Waals surface area contributed by atoms with Gasteiger partial charge in [-0.1, -0.05) is 11.3 Å². The molecule has 0 aliphatic carbocycles. The molecule has 0 atom stereocenters. The van der Waals surface area contributed by atoms with Crippen molar-refractivity contribution in [1.82, 2.24) is 9.97 Å². The number of carbonyl (C=O) groups excluding carboxylic acids is 1. The van der Waals surface area contributed by atoms with Gasteiger partial charge in [-0.2, -0.15) is 0 Å². The summed E-state index contributed by atoms with van der Waals surface area (Å²) in [7, 11) is 0. The summed E-state index contributed by atoms with van der Waals surface area (Å²) in [6.45, 7) is 4.10. The number of hydrogen-bond acceptors (Lipinski definition) is 5. The summed E-state index contributed by atoms with van der Waals surface area (Å²) < 4.78 is 0. The maximum Gasteiger partial charge on any atom is 0.185 e. The molecule has 0 aliphatic heterocycles. The highest BCUT2D eigenvalue weighted by molar-refractivity contribution is 7.21. The second-order valence-corrected chi connectivity index (χ2v) is 4.47. The van der Waals surface area contributed by atoms with Crippen molar-refractivity contribution in [3.63, 3.8) is 0 Å². The minimum atomic E-state index is 0.344. The lowest BCUT2D eigenvalue weighted by molar-refractivity contribution is 0.111. The van der Waals surface area contributed by atoms with E-state index in [2.05, 4.69) is 29.1 Å². The van der Waals surface area contributed by atoms with Crippen LogP contribution in [0.5, 0.6) is 0 Å². The monoisotopic (exact) mass is 221 g/mol. The molecule has 0 aromatic carbocycles. The number of pyridine rings is 1. The topological polar surface area (TPSA) is 54.9 Å². The summed E-state index contributed by atoms with van der Waals surface area (Å²) in [5.41, 5.74) is 1.27. The van der Waals surface area contributed by atoms with E-state index < -0.39 is 0 Å². The zero-order chi connectivity index (χ0) is 10.8. The summed E-state index contributed by atoms with van der Waals surface area (Å²) in [5.74, 6) is 0. The zero-order valence-corrected chi connectivity index (χ0v) is 9.34. The zero-order valence-electron chi connectivity index (χ0n) is 8.52. The number of nitrogens with one attached hydrogen (secondary N) is 1. The van der Waals surface area contributed by atoms with Gasteiger partial charge in [0.15, 0.2) is 11.4 Å². The Morgan fingerprint density at radius 1 is 1.40 bits per heavy atom. The van der Waals surface area contributed by atoms with E-state index in [9.17, 15) is 4.79 Å². The lowest BCUT2D eigenvalue weighted by Gasteiger charge is -2.03. The van der Waals surface area contributed by atoms with Gasteiger partial charge in [-0.25, -0.2) is 9.97 Å². The fourth-order valence-electron chi connectivity index (χ4n) is 1.21. The molecule has 2 heterocycles. The van der Waals surface area contributed by atoms with Crippen LogP contribution in [-0.4, -0.2) is 22.3 Å². The molecule has 0 aliphatic rings. The number of thiazole rings is 1.